The van der Waals surface area contributed by atoms with Gasteiger partial charge in [-0.25, -0.2) is 13.2 Å². The quantitative estimate of drug-likeness (QED) is 0.590. The zero-order chi connectivity index (χ0) is 12.3. The number of carboxylic acid groups (broad SMARTS) is 1. The van der Waals surface area contributed by atoms with Crippen LogP contribution in [0.1, 0.15) is 5.69 Å². The fraction of sp³-hybridized carbons (Fsp3) is 0.333. The van der Waals surface area contributed by atoms with E-state index in [-0.39, 0.29) is 9.90 Å². The normalized spacial score (nSPS) is 11.6. The van der Waals surface area contributed by atoms with Crippen LogP contribution in [0.15, 0.2) is 9.00 Å². The van der Waals surface area contributed by atoms with E-state index in [0.717, 1.165) is 0 Å². The van der Waals surface area contributed by atoms with Gasteiger partial charge in [-0.1, -0.05) is 16.2 Å². The Morgan fingerprint density at radius 3 is 2.69 bits per heavy atom. The van der Waals surface area contributed by atoms with Crippen LogP contribution in [-0.4, -0.2) is 31.1 Å². The SMILES string of the molecule is Cc1[nH]c(=O)sc1S(=O)(=O)NOCC(=O)O. The van der Waals surface area contributed by atoms with E-state index in [1.54, 1.807) is 4.89 Å². The molecule has 90 valence electrons. The van der Waals surface area contributed by atoms with Gasteiger partial charge in [0, 0.05) is 5.69 Å². The first-order valence-corrected chi connectivity index (χ1v) is 6.18. The number of H-pyrrole nitrogens is 1. The summed E-state index contributed by atoms with van der Waals surface area (Å²) in [5.41, 5.74) is 0.168. The number of aromatic amines is 1. The number of nitrogens with one attached hydrogen (secondary N) is 2. The van der Waals surface area contributed by atoms with Crippen molar-refractivity contribution in [1.29, 1.82) is 0 Å². The van der Waals surface area contributed by atoms with Gasteiger partial charge < -0.3 is 10.1 Å². The summed E-state index contributed by atoms with van der Waals surface area (Å²) in [6, 6.07) is 0. The third-order valence-corrected chi connectivity index (χ3v) is 4.21. The summed E-state index contributed by atoms with van der Waals surface area (Å²) in [4.78, 5) is 28.6. The molecule has 0 radical (unpaired) electrons. The van der Waals surface area contributed by atoms with Gasteiger partial charge in [0.2, 0.25) is 0 Å². The van der Waals surface area contributed by atoms with Gasteiger partial charge in [0.15, 0.2) is 10.8 Å². The molecule has 1 heterocycles. The molecule has 16 heavy (non-hydrogen) atoms. The molecule has 0 bridgehead atoms. The van der Waals surface area contributed by atoms with Gasteiger partial charge in [-0.15, -0.1) is 0 Å². The highest BCUT2D eigenvalue weighted by Crippen LogP contribution is 2.14. The molecule has 0 unspecified atom stereocenters. The number of aryl methyl sites for hydroxylation is 1. The molecule has 8 nitrogen and oxygen atoms in total. The highest BCUT2D eigenvalue weighted by Gasteiger charge is 2.20. The van der Waals surface area contributed by atoms with Crippen molar-refractivity contribution in [2.75, 3.05) is 6.61 Å². The lowest BCUT2D eigenvalue weighted by molar-refractivity contribution is -0.143. The average Bonchev–Trinajstić information content (AvgIpc) is 2.44. The Labute approximate surface area is 93.9 Å². The van der Waals surface area contributed by atoms with Crippen molar-refractivity contribution in [3.63, 3.8) is 0 Å². The van der Waals surface area contributed by atoms with Gasteiger partial charge in [-0.3, -0.25) is 9.63 Å². The van der Waals surface area contributed by atoms with E-state index in [1.807, 2.05) is 0 Å². The molecular formula is C6H8N2O6S2. The number of rotatable bonds is 5. The zero-order valence-electron chi connectivity index (χ0n) is 8.01. The molecule has 0 aromatic carbocycles. The van der Waals surface area contributed by atoms with E-state index < -0.39 is 27.5 Å². The Balaban J connectivity index is 2.82. The van der Waals surface area contributed by atoms with Crippen molar-refractivity contribution in [2.24, 2.45) is 0 Å². The molecule has 0 atom stereocenters. The molecule has 0 aliphatic rings. The predicted molar refractivity (Wildman–Crippen MR) is 53.6 cm³/mol. The molecule has 3 N–H and O–H groups in total. The van der Waals surface area contributed by atoms with E-state index in [9.17, 15) is 18.0 Å². The molecule has 1 rings (SSSR count). The molecule has 0 spiro atoms. The van der Waals surface area contributed by atoms with E-state index in [2.05, 4.69) is 9.82 Å². The third-order valence-electron chi connectivity index (χ3n) is 1.39. The summed E-state index contributed by atoms with van der Waals surface area (Å²) in [5.74, 6) is -1.32. The topological polar surface area (TPSA) is 126 Å². The van der Waals surface area contributed by atoms with Crippen molar-refractivity contribution < 1.29 is 23.2 Å². The number of aliphatic carboxylic acids is 1. The van der Waals surface area contributed by atoms with Crippen LogP contribution in [0.5, 0.6) is 0 Å². The summed E-state index contributed by atoms with van der Waals surface area (Å²) in [6.07, 6.45) is 0. The van der Waals surface area contributed by atoms with Crippen LogP contribution in [0.2, 0.25) is 0 Å². The molecule has 0 aliphatic carbocycles. The summed E-state index contributed by atoms with van der Waals surface area (Å²) in [7, 11) is -4.01. The first kappa shape index (κ1) is 12.8. The fourth-order valence-corrected chi connectivity index (χ4v) is 2.94. The van der Waals surface area contributed by atoms with Crippen molar-refractivity contribution in [2.45, 2.75) is 11.1 Å². The van der Waals surface area contributed by atoms with Crippen molar-refractivity contribution in [3.8, 4) is 0 Å². The number of hydrogen-bond donors (Lipinski definition) is 3. The number of carbonyl (C=O) groups is 1. The van der Waals surface area contributed by atoms with Crippen LogP contribution < -0.4 is 9.76 Å². The van der Waals surface area contributed by atoms with Crippen LogP contribution >= 0.6 is 11.3 Å². The van der Waals surface area contributed by atoms with Crippen LogP contribution in [0.25, 0.3) is 0 Å². The molecule has 0 saturated carbocycles. The molecule has 0 fully saturated rings. The minimum absolute atomic E-state index is 0.168. The summed E-state index contributed by atoms with van der Waals surface area (Å²) in [5, 5.41) is 8.23. The maximum absolute atomic E-state index is 11.5. The van der Waals surface area contributed by atoms with E-state index in [0.29, 0.717) is 11.3 Å². The first-order valence-electron chi connectivity index (χ1n) is 3.88. The van der Waals surface area contributed by atoms with Gasteiger partial charge in [0.05, 0.1) is 0 Å². The second-order valence-electron chi connectivity index (χ2n) is 2.70. The maximum atomic E-state index is 11.5. The highest BCUT2D eigenvalue weighted by molar-refractivity contribution is 7.91. The Morgan fingerprint density at radius 1 is 1.62 bits per heavy atom. The molecule has 10 heteroatoms. The third kappa shape index (κ3) is 3.13. The Kier molecular flexibility index (Phi) is 3.80. The summed E-state index contributed by atoms with van der Waals surface area (Å²) >= 11 is 0.491. The molecule has 1 aromatic rings. The van der Waals surface area contributed by atoms with Gasteiger partial charge >= 0.3 is 10.8 Å². The number of hydrogen-bond acceptors (Lipinski definition) is 6. The Morgan fingerprint density at radius 2 is 2.25 bits per heavy atom. The molecule has 0 amide bonds. The second kappa shape index (κ2) is 4.74. The van der Waals surface area contributed by atoms with Crippen molar-refractivity contribution >= 4 is 27.3 Å². The number of carboxylic acids is 1. The second-order valence-corrected chi connectivity index (χ2v) is 5.52. The Bertz CT molecular complexity index is 542. The van der Waals surface area contributed by atoms with Crippen LogP contribution in [0, 0.1) is 6.92 Å². The smallest absolute Gasteiger partial charge is 0.331 e. The van der Waals surface area contributed by atoms with Crippen molar-refractivity contribution in [1.82, 2.24) is 9.87 Å². The predicted octanol–water partition coefficient (Wildman–Crippen LogP) is -0.961. The molecule has 0 saturated heterocycles. The number of sulfonamides is 1. The lowest BCUT2D eigenvalue weighted by atomic mass is 10.6. The summed E-state index contributed by atoms with van der Waals surface area (Å²) < 4.78 is 22.7. The minimum atomic E-state index is -4.01. The lowest BCUT2D eigenvalue weighted by Gasteiger charge is -2.03. The van der Waals surface area contributed by atoms with Gasteiger partial charge in [-0.2, -0.15) is 0 Å². The largest absolute Gasteiger partial charge is 0.479 e. The van der Waals surface area contributed by atoms with Crippen LogP contribution in [0.3, 0.4) is 0 Å². The molecule has 1 aromatic heterocycles. The fourth-order valence-electron chi connectivity index (χ4n) is 0.853. The van der Waals surface area contributed by atoms with Crippen LogP contribution in [0.4, 0.5) is 0 Å². The van der Waals surface area contributed by atoms with Crippen LogP contribution in [-0.2, 0) is 19.7 Å². The van der Waals surface area contributed by atoms with Gasteiger partial charge in [-0.05, 0) is 6.92 Å². The Hall–Kier alpha value is -1.23. The van der Waals surface area contributed by atoms with Gasteiger partial charge in [0.1, 0.15) is 0 Å². The lowest BCUT2D eigenvalue weighted by Crippen LogP contribution is -2.26. The standard InChI is InChI=1S/C6H8N2O6S2/c1-3-5(15-6(11)7-3)16(12,13)8-14-2-4(9)10/h8H,2H2,1H3,(H,7,11)(H,9,10). The van der Waals surface area contributed by atoms with Gasteiger partial charge in [0.25, 0.3) is 10.0 Å². The zero-order valence-corrected chi connectivity index (χ0v) is 9.65. The number of aromatic nitrogens is 1. The van der Waals surface area contributed by atoms with E-state index in [4.69, 9.17) is 5.11 Å². The van der Waals surface area contributed by atoms with Crippen molar-refractivity contribution in [3.05, 3.63) is 15.4 Å². The molecule has 0 aliphatic heterocycles. The average molecular weight is 268 g/mol. The van der Waals surface area contributed by atoms with E-state index >= 15 is 0 Å². The maximum Gasteiger partial charge on any atom is 0.331 e. The first-order chi connectivity index (χ1) is 7.33. The van der Waals surface area contributed by atoms with E-state index in [1.165, 1.54) is 6.92 Å². The highest BCUT2D eigenvalue weighted by atomic mass is 32.2. The summed E-state index contributed by atoms with van der Waals surface area (Å²) in [6.45, 7) is 0.598. The number of thiazole rings is 1. The minimum Gasteiger partial charge on any atom is -0.479 e. The molecular weight excluding hydrogens is 260 g/mol. The monoisotopic (exact) mass is 268 g/mol.